The van der Waals surface area contributed by atoms with Crippen LogP contribution in [0.5, 0.6) is 5.75 Å². The van der Waals surface area contributed by atoms with Crippen molar-refractivity contribution in [2.45, 2.75) is 0 Å². The molecule has 0 unspecified atom stereocenters. The van der Waals surface area contributed by atoms with Gasteiger partial charge in [0, 0.05) is 0 Å². The lowest BCUT2D eigenvalue weighted by molar-refractivity contribution is 0.0696. The van der Waals surface area contributed by atoms with Gasteiger partial charge in [-0.05, 0) is 40.2 Å². The molecule has 2 aromatic rings. The molecule has 0 aliphatic heterocycles. The number of carbonyl (C=O) groups excluding carboxylic acids is 1. The molecule has 0 bridgehead atoms. The van der Waals surface area contributed by atoms with Crippen LogP contribution in [0.4, 0.5) is 5.69 Å². The number of halogens is 2. The van der Waals surface area contributed by atoms with E-state index in [9.17, 15) is 9.59 Å². The molecule has 0 spiro atoms. The average Bonchev–Trinajstić information content (AvgIpc) is 2.85. The van der Waals surface area contributed by atoms with Crippen LogP contribution in [-0.4, -0.2) is 24.1 Å². The minimum atomic E-state index is -1.17. The van der Waals surface area contributed by atoms with E-state index in [1.54, 1.807) is 6.07 Å². The van der Waals surface area contributed by atoms with Crippen LogP contribution in [0.15, 0.2) is 33.4 Å². The molecule has 2 N–H and O–H groups in total. The molecule has 1 heterocycles. The van der Waals surface area contributed by atoms with Gasteiger partial charge in [-0.25, -0.2) is 4.79 Å². The number of benzene rings is 1. The molecule has 21 heavy (non-hydrogen) atoms. The van der Waals surface area contributed by atoms with Gasteiger partial charge in [0.1, 0.15) is 0 Å². The first-order valence-electron chi connectivity index (χ1n) is 5.60. The summed E-state index contributed by atoms with van der Waals surface area (Å²) in [7, 11) is 1.36. The van der Waals surface area contributed by atoms with Crippen molar-refractivity contribution in [3.8, 4) is 5.75 Å². The first-order valence-corrected chi connectivity index (χ1v) is 6.77. The summed E-state index contributed by atoms with van der Waals surface area (Å²) in [6.07, 6.45) is 0. The van der Waals surface area contributed by atoms with E-state index in [0.29, 0.717) is 4.67 Å². The van der Waals surface area contributed by atoms with E-state index in [2.05, 4.69) is 21.2 Å². The van der Waals surface area contributed by atoms with Gasteiger partial charge in [0.25, 0.3) is 5.91 Å². The monoisotopic (exact) mass is 373 g/mol. The molecule has 1 amide bonds. The van der Waals surface area contributed by atoms with Crippen molar-refractivity contribution in [2.75, 3.05) is 12.4 Å². The minimum absolute atomic E-state index is 0.0563. The van der Waals surface area contributed by atoms with Gasteiger partial charge < -0.3 is 19.6 Å². The van der Waals surface area contributed by atoms with Crippen molar-refractivity contribution >= 4 is 45.1 Å². The highest BCUT2D eigenvalue weighted by Gasteiger charge is 2.18. The molecule has 0 atom stereocenters. The molecule has 0 aliphatic carbocycles. The number of carbonyl (C=O) groups is 2. The number of aromatic carboxylic acids is 1. The zero-order valence-electron chi connectivity index (χ0n) is 10.6. The highest BCUT2D eigenvalue weighted by Crippen LogP contribution is 2.34. The van der Waals surface area contributed by atoms with Crippen molar-refractivity contribution in [1.82, 2.24) is 0 Å². The van der Waals surface area contributed by atoms with E-state index in [4.69, 9.17) is 25.9 Å². The van der Waals surface area contributed by atoms with Gasteiger partial charge in [-0.2, -0.15) is 0 Å². The predicted octanol–water partition coefficient (Wildman–Crippen LogP) is 3.65. The molecule has 2 rings (SSSR count). The number of carboxylic acid groups (broad SMARTS) is 1. The molecule has 0 saturated carbocycles. The number of ether oxygens (including phenoxy) is 1. The number of amides is 1. The Hall–Kier alpha value is -1.99. The quantitative estimate of drug-likeness (QED) is 0.852. The van der Waals surface area contributed by atoms with Gasteiger partial charge in [0.15, 0.2) is 16.2 Å². The largest absolute Gasteiger partial charge is 0.493 e. The number of nitrogens with one attached hydrogen (secondary N) is 1. The predicted molar refractivity (Wildman–Crippen MR) is 79.3 cm³/mol. The van der Waals surface area contributed by atoms with Crippen molar-refractivity contribution < 1.29 is 23.8 Å². The van der Waals surface area contributed by atoms with E-state index in [0.717, 1.165) is 0 Å². The van der Waals surface area contributed by atoms with Gasteiger partial charge in [-0.15, -0.1) is 0 Å². The molecule has 0 saturated heterocycles. The summed E-state index contributed by atoms with van der Waals surface area (Å²) in [6.45, 7) is 0. The lowest BCUT2D eigenvalue weighted by Gasteiger charge is -2.12. The van der Waals surface area contributed by atoms with Crippen LogP contribution in [0.3, 0.4) is 0 Å². The second kappa shape index (κ2) is 6.19. The molecular weight excluding hydrogens is 366 g/mol. The van der Waals surface area contributed by atoms with Crippen molar-refractivity contribution in [3.63, 3.8) is 0 Å². The second-order valence-electron chi connectivity index (χ2n) is 3.90. The summed E-state index contributed by atoms with van der Waals surface area (Å²) in [6, 6.07) is 5.52. The van der Waals surface area contributed by atoms with Crippen LogP contribution < -0.4 is 10.1 Å². The highest BCUT2D eigenvalue weighted by atomic mass is 79.9. The van der Waals surface area contributed by atoms with Gasteiger partial charge >= 0.3 is 5.97 Å². The maximum absolute atomic E-state index is 12.0. The Morgan fingerprint density at radius 3 is 2.62 bits per heavy atom. The summed E-state index contributed by atoms with van der Waals surface area (Å²) in [5, 5.41) is 11.6. The Kier molecular flexibility index (Phi) is 4.54. The van der Waals surface area contributed by atoms with Crippen molar-refractivity contribution in [1.29, 1.82) is 0 Å². The molecular formula is C13H9BrClNO5. The standard InChI is InChI=1S/C13H9BrClNO5/c1-20-11-7(15)4-6(13(18)19)5-8(11)16-12(17)9-2-3-10(14)21-9/h2-5H,1H3,(H,16,17)(H,18,19). The molecule has 0 fully saturated rings. The van der Waals surface area contributed by atoms with Crippen molar-refractivity contribution in [2.24, 2.45) is 0 Å². The van der Waals surface area contributed by atoms with E-state index >= 15 is 0 Å². The van der Waals surface area contributed by atoms with E-state index in [1.807, 2.05) is 0 Å². The van der Waals surface area contributed by atoms with Gasteiger partial charge in [0.05, 0.1) is 23.4 Å². The molecule has 110 valence electrons. The topological polar surface area (TPSA) is 88.8 Å². The van der Waals surface area contributed by atoms with Crippen LogP contribution in [0.1, 0.15) is 20.9 Å². The van der Waals surface area contributed by atoms with E-state index in [1.165, 1.54) is 25.3 Å². The fraction of sp³-hybridized carbons (Fsp3) is 0.0769. The number of furan rings is 1. The summed E-state index contributed by atoms with van der Waals surface area (Å²) >= 11 is 9.03. The van der Waals surface area contributed by atoms with Gasteiger partial charge in [-0.1, -0.05) is 11.6 Å². The van der Waals surface area contributed by atoms with E-state index in [-0.39, 0.29) is 27.8 Å². The minimum Gasteiger partial charge on any atom is -0.493 e. The number of anilines is 1. The Labute approximate surface area is 132 Å². The third-order valence-corrected chi connectivity index (χ3v) is 3.25. The number of methoxy groups -OCH3 is 1. The van der Waals surface area contributed by atoms with Crippen LogP contribution in [-0.2, 0) is 0 Å². The summed E-state index contributed by atoms with van der Waals surface area (Å²) in [4.78, 5) is 23.0. The smallest absolute Gasteiger partial charge is 0.335 e. The molecule has 6 nitrogen and oxygen atoms in total. The highest BCUT2D eigenvalue weighted by molar-refractivity contribution is 9.10. The lowest BCUT2D eigenvalue weighted by Crippen LogP contribution is -2.12. The van der Waals surface area contributed by atoms with Crippen LogP contribution >= 0.6 is 27.5 Å². The number of rotatable bonds is 4. The lowest BCUT2D eigenvalue weighted by atomic mass is 10.2. The first-order chi connectivity index (χ1) is 9.92. The fourth-order valence-corrected chi connectivity index (χ4v) is 2.24. The maximum Gasteiger partial charge on any atom is 0.335 e. The zero-order chi connectivity index (χ0) is 15.6. The number of carboxylic acids is 1. The zero-order valence-corrected chi connectivity index (χ0v) is 13.0. The summed E-state index contributed by atoms with van der Waals surface area (Å²) in [5.41, 5.74) is 0.0663. The van der Waals surface area contributed by atoms with Crippen LogP contribution in [0.2, 0.25) is 5.02 Å². The molecule has 0 radical (unpaired) electrons. The van der Waals surface area contributed by atoms with Crippen LogP contribution in [0.25, 0.3) is 0 Å². The average molecular weight is 375 g/mol. The number of hydrogen-bond donors (Lipinski definition) is 2. The Morgan fingerprint density at radius 1 is 1.38 bits per heavy atom. The maximum atomic E-state index is 12.0. The van der Waals surface area contributed by atoms with Crippen LogP contribution in [0, 0.1) is 0 Å². The third-order valence-electron chi connectivity index (χ3n) is 2.54. The normalized spacial score (nSPS) is 10.2. The Balaban J connectivity index is 2.38. The van der Waals surface area contributed by atoms with E-state index < -0.39 is 11.9 Å². The van der Waals surface area contributed by atoms with Gasteiger partial charge in [0.2, 0.25) is 0 Å². The number of hydrogen-bond acceptors (Lipinski definition) is 4. The molecule has 1 aromatic carbocycles. The third kappa shape index (κ3) is 3.37. The fourth-order valence-electron chi connectivity index (χ4n) is 1.64. The first kappa shape index (κ1) is 15.4. The second-order valence-corrected chi connectivity index (χ2v) is 5.09. The Bertz CT molecular complexity index is 713. The summed E-state index contributed by atoms with van der Waals surface area (Å²) in [5.74, 6) is -1.50. The van der Waals surface area contributed by atoms with Gasteiger partial charge in [-0.3, -0.25) is 4.79 Å². The SMILES string of the molecule is COc1c(Cl)cc(C(=O)O)cc1NC(=O)c1ccc(Br)o1. The molecule has 1 aromatic heterocycles. The molecule has 0 aliphatic rings. The van der Waals surface area contributed by atoms with Crippen molar-refractivity contribution in [3.05, 3.63) is 45.3 Å². The summed E-state index contributed by atoms with van der Waals surface area (Å²) < 4.78 is 10.6. The Morgan fingerprint density at radius 2 is 2.10 bits per heavy atom. The molecule has 8 heteroatoms.